The molecule has 0 spiro atoms. The molecule has 0 aromatic heterocycles. The van der Waals surface area contributed by atoms with Crippen LogP contribution in [-0.4, -0.2) is 18.5 Å². The zero-order valence-electron chi connectivity index (χ0n) is 12.9. The Bertz CT molecular complexity index is 770. The molecule has 24 heavy (non-hydrogen) atoms. The number of carbonyl (C=O) groups is 2. The Hall–Kier alpha value is -3.02. The van der Waals surface area contributed by atoms with E-state index in [2.05, 4.69) is 5.32 Å². The van der Waals surface area contributed by atoms with Gasteiger partial charge in [-0.05, 0) is 48.9 Å². The second kappa shape index (κ2) is 8.01. The zero-order chi connectivity index (χ0) is 17.5. The van der Waals surface area contributed by atoms with Crippen LogP contribution in [0.1, 0.15) is 22.8 Å². The van der Waals surface area contributed by atoms with Gasteiger partial charge in [0.25, 0.3) is 5.91 Å². The van der Waals surface area contributed by atoms with Crippen molar-refractivity contribution in [3.8, 4) is 0 Å². The molecule has 0 bridgehead atoms. The zero-order valence-corrected chi connectivity index (χ0v) is 12.9. The third-order valence-electron chi connectivity index (χ3n) is 3.05. The van der Waals surface area contributed by atoms with E-state index in [1.54, 1.807) is 37.3 Å². The number of amides is 1. The Labute approximate surface area is 137 Å². The van der Waals surface area contributed by atoms with E-state index in [1.807, 2.05) is 0 Å². The number of hydrogen-bond donors (Lipinski definition) is 1. The molecule has 0 saturated carbocycles. The molecule has 0 radical (unpaired) electrons. The average molecular weight is 331 g/mol. The quantitative estimate of drug-likeness (QED) is 0.670. The average Bonchev–Trinajstić information content (AvgIpc) is 2.57. The first-order valence-electron chi connectivity index (χ1n) is 7.21. The summed E-state index contributed by atoms with van der Waals surface area (Å²) in [5, 5.41) is 2.57. The van der Waals surface area contributed by atoms with Gasteiger partial charge in [-0.25, -0.2) is 13.6 Å². The van der Waals surface area contributed by atoms with Gasteiger partial charge in [-0.1, -0.05) is 12.1 Å². The maximum Gasteiger partial charge on any atom is 0.330 e. The van der Waals surface area contributed by atoms with E-state index in [9.17, 15) is 18.4 Å². The largest absolute Gasteiger partial charge is 0.463 e. The molecule has 0 aliphatic carbocycles. The van der Waals surface area contributed by atoms with E-state index in [-0.39, 0.29) is 5.56 Å². The van der Waals surface area contributed by atoms with E-state index in [4.69, 9.17) is 4.74 Å². The van der Waals surface area contributed by atoms with Crippen LogP contribution in [0.15, 0.2) is 48.5 Å². The number of anilines is 1. The predicted molar refractivity (Wildman–Crippen MR) is 86.4 cm³/mol. The standard InChI is InChI=1S/C18H15F2NO3/c1-2-24-17(22)10-5-12-3-7-14(8-4-12)21-18(23)13-6-9-15(19)16(20)11-13/h3-11H,2H2,1H3,(H,21,23)/b10-5+. The molecular formula is C18H15F2NO3. The van der Waals surface area contributed by atoms with Crippen molar-refractivity contribution in [2.75, 3.05) is 11.9 Å². The number of benzene rings is 2. The molecule has 2 rings (SSSR count). The highest BCUT2D eigenvalue weighted by Crippen LogP contribution is 2.14. The molecule has 0 aliphatic heterocycles. The molecule has 2 aromatic rings. The van der Waals surface area contributed by atoms with Gasteiger partial charge in [-0.2, -0.15) is 0 Å². The number of nitrogens with one attached hydrogen (secondary N) is 1. The minimum Gasteiger partial charge on any atom is -0.463 e. The van der Waals surface area contributed by atoms with Crippen LogP contribution in [0.25, 0.3) is 6.08 Å². The molecule has 0 fully saturated rings. The summed E-state index contributed by atoms with van der Waals surface area (Å²) < 4.78 is 30.8. The van der Waals surface area contributed by atoms with Crippen LogP contribution < -0.4 is 5.32 Å². The van der Waals surface area contributed by atoms with Crippen LogP contribution in [0.5, 0.6) is 0 Å². The third kappa shape index (κ3) is 4.74. The van der Waals surface area contributed by atoms with Crippen LogP contribution in [-0.2, 0) is 9.53 Å². The first-order chi connectivity index (χ1) is 11.5. The van der Waals surface area contributed by atoms with Gasteiger partial charge in [0.15, 0.2) is 11.6 Å². The number of esters is 1. The maximum atomic E-state index is 13.1. The van der Waals surface area contributed by atoms with Crippen LogP contribution in [0.3, 0.4) is 0 Å². The van der Waals surface area contributed by atoms with Gasteiger partial charge in [-0.3, -0.25) is 4.79 Å². The van der Waals surface area contributed by atoms with Crippen LogP contribution in [0.4, 0.5) is 14.5 Å². The molecular weight excluding hydrogens is 316 g/mol. The topological polar surface area (TPSA) is 55.4 Å². The minimum absolute atomic E-state index is 0.0141. The lowest BCUT2D eigenvalue weighted by Gasteiger charge is -2.06. The number of rotatable bonds is 5. The number of carbonyl (C=O) groups excluding carboxylic acids is 2. The molecule has 0 heterocycles. The summed E-state index contributed by atoms with van der Waals surface area (Å²) in [4.78, 5) is 23.2. The van der Waals surface area contributed by atoms with Crippen molar-refractivity contribution in [2.45, 2.75) is 6.92 Å². The Morgan fingerprint density at radius 3 is 2.42 bits per heavy atom. The smallest absolute Gasteiger partial charge is 0.330 e. The van der Waals surface area contributed by atoms with E-state index < -0.39 is 23.5 Å². The lowest BCUT2D eigenvalue weighted by molar-refractivity contribution is -0.137. The van der Waals surface area contributed by atoms with Crippen LogP contribution >= 0.6 is 0 Å². The third-order valence-corrected chi connectivity index (χ3v) is 3.05. The SMILES string of the molecule is CCOC(=O)/C=C/c1ccc(NC(=O)c2ccc(F)c(F)c2)cc1. The summed E-state index contributed by atoms with van der Waals surface area (Å²) in [6.07, 6.45) is 2.89. The maximum absolute atomic E-state index is 13.1. The van der Waals surface area contributed by atoms with Gasteiger partial charge < -0.3 is 10.1 Å². The molecule has 0 atom stereocenters. The van der Waals surface area contributed by atoms with Gasteiger partial charge >= 0.3 is 5.97 Å². The van der Waals surface area contributed by atoms with Gasteiger partial charge in [0, 0.05) is 17.3 Å². The number of hydrogen-bond acceptors (Lipinski definition) is 3. The first-order valence-corrected chi connectivity index (χ1v) is 7.21. The molecule has 1 N–H and O–H groups in total. The van der Waals surface area contributed by atoms with Crippen molar-refractivity contribution in [1.29, 1.82) is 0 Å². The van der Waals surface area contributed by atoms with Gasteiger partial charge in [0.1, 0.15) is 0 Å². The van der Waals surface area contributed by atoms with E-state index >= 15 is 0 Å². The van der Waals surface area contributed by atoms with Crippen molar-refractivity contribution in [3.05, 3.63) is 71.3 Å². The van der Waals surface area contributed by atoms with Gasteiger partial charge in [-0.15, -0.1) is 0 Å². The highest BCUT2D eigenvalue weighted by atomic mass is 19.2. The fourth-order valence-electron chi connectivity index (χ4n) is 1.87. The molecule has 0 saturated heterocycles. The molecule has 2 aromatic carbocycles. The van der Waals surface area contributed by atoms with Gasteiger partial charge in [0.05, 0.1) is 6.61 Å². The summed E-state index contributed by atoms with van der Waals surface area (Å²) in [7, 11) is 0. The molecule has 124 valence electrons. The van der Waals surface area contributed by atoms with E-state index in [0.717, 1.165) is 17.7 Å². The van der Waals surface area contributed by atoms with Crippen molar-refractivity contribution in [2.24, 2.45) is 0 Å². The molecule has 1 amide bonds. The molecule has 6 heteroatoms. The summed E-state index contributed by atoms with van der Waals surface area (Å²) in [6, 6.07) is 9.57. The summed E-state index contributed by atoms with van der Waals surface area (Å²) in [5.74, 6) is -3.08. The monoisotopic (exact) mass is 331 g/mol. The minimum atomic E-state index is -1.08. The van der Waals surface area contributed by atoms with Crippen molar-refractivity contribution >= 4 is 23.6 Å². The van der Waals surface area contributed by atoms with E-state index in [1.165, 1.54) is 12.1 Å². The Morgan fingerprint density at radius 1 is 1.08 bits per heavy atom. The molecule has 0 aliphatic rings. The Morgan fingerprint density at radius 2 is 1.79 bits per heavy atom. The van der Waals surface area contributed by atoms with Crippen LogP contribution in [0.2, 0.25) is 0 Å². The van der Waals surface area contributed by atoms with Crippen molar-refractivity contribution < 1.29 is 23.1 Å². The van der Waals surface area contributed by atoms with Crippen LogP contribution in [0, 0.1) is 11.6 Å². The highest BCUT2D eigenvalue weighted by molar-refractivity contribution is 6.04. The Kier molecular flexibility index (Phi) is 5.78. The lowest BCUT2D eigenvalue weighted by atomic mass is 10.1. The van der Waals surface area contributed by atoms with Crippen molar-refractivity contribution in [3.63, 3.8) is 0 Å². The highest BCUT2D eigenvalue weighted by Gasteiger charge is 2.09. The van der Waals surface area contributed by atoms with Crippen molar-refractivity contribution in [1.82, 2.24) is 0 Å². The summed E-state index contributed by atoms with van der Waals surface area (Å²) >= 11 is 0. The number of ether oxygens (including phenoxy) is 1. The molecule has 0 unspecified atom stereocenters. The second-order valence-corrected chi connectivity index (χ2v) is 4.79. The normalized spacial score (nSPS) is 10.6. The van der Waals surface area contributed by atoms with E-state index in [0.29, 0.717) is 12.3 Å². The fourth-order valence-corrected chi connectivity index (χ4v) is 1.87. The van der Waals surface area contributed by atoms with Gasteiger partial charge in [0.2, 0.25) is 0 Å². The lowest BCUT2D eigenvalue weighted by Crippen LogP contribution is -2.12. The first kappa shape index (κ1) is 17.3. The summed E-state index contributed by atoms with van der Waals surface area (Å²) in [6.45, 7) is 2.02. The Balaban J connectivity index is 2.01. The molecule has 4 nitrogen and oxygen atoms in total. The predicted octanol–water partition coefficient (Wildman–Crippen LogP) is 3.79. The fraction of sp³-hybridized carbons (Fsp3) is 0.111. The second-order valence-electron chi connectivity index (χ2n) is 4.79. The summed E-state index contributed by atoms with van der Waals surface area (Å²) in [5.41, 5.74) is 1.24. The number of halogens is 2.